The molecule has 1 heteroatoms. The number of nitrogens with zero attached hydrogens (tertiary/aromatic N) is 1. The largest absolute Gasteiger partial charge is 0.310 e. The number of anilines is 3. The van der Waals surface area contributed by atoms with Gasteiger partial charge in [0.15, 0.2) is 0 Å². The molecule has 0 atom stereocenters. The lowest BCUT2D eigenvalue weighted by molar-refractivity contribution is 1.26. The van der Waals surface area contributed by atoms with Crippen LogP contribution in [0.1, 0.15) is 11.1 Å². The molecule has 50 heavy (non-hydrogen) atoms. The van der Waals surface area contributed by atoms with Crippen LogP contribution in [-0.2, 0) is 6.42 Å². The van der Waals surface area contributed by atoms with E-state index in [4.69, 9.17) is 0 Å². The lowest BCUT2D eigenvalue weighted by Gasteiger charge is -2.27. The molecular formula is C49H35N. The minimum atomic E-state index is 0.993. The molecule has 0 spiro atoms. The maximum atomic E-state index is 2.39. The Morgan fingerprint density at radius 3 is 1.24 bits per heavy atom. The third-order valence-electron chi connectivity index (χ3n) is 9.88. The first kappa shape index (κ1) is 29.7. The van der Waals surface area contributed by atoms with Gasteiger partial charge in [0.2, 0.25) is 0 Å². The molecule has 0 aliphatic heterocycles. The van der Waals surface area contributed by atoms with Gasteiger partial charge in [0.1, 0.15) is 0 Å². The fraction of sp³-hybridized carbons (Fsp3) is 0.0204. The van der Waals surface area contributed by atoms with Crippen molar-refractivity contribution in [2.45, 2.75) is 6.42 Å². The molecule has 8 aromatic carbocycles. The van der Waals surface area contributed by atoms with Crippen molar-refractivity contribution < 1.29 is 0 Å². The van der Waals surface area contributed by atoms with Crippen molar-refractivity contribution >= 4 is 17.1 Å². The zero-order valence-electron chi connectivity index (χ0n) is 27.7. The van der Waals surface area contributed by atoms with Crippen molar-refractivity contribution in [3.05, 3.63) is 211 Å². The number of benzene rings is 8. The summed E-state index contributed by atoms with van der Waals surface area (Å²) in [5, 5.41) is 0. The van der Waals surface area contributed by atoms with E-state index in [1.807, 2.05) is 0 Å². The van der Waals surface area contributed by atoms with Crippen molar-refractivity contribution in [3.63, 3.8) is 0 Å². The van der Waals surface area contributed by atoms with Crippen LogP contribution in [0.5, 0.6) is 0 Å². The summed E-state index contributed by atoms with van der Waals surface area (Å²) in [6.45, 7) is 0. The van der Waals surface area contributed by atoms with Gasteiger partial charge in [-0.05, 0) is 122 Å². The van der Waals surface area contributed by atoms with E-state index in [1.165, 1.54) is 66.8 Å². The van der Waals surface area contributed by atoms with Crippen LogP contribution in [0.2, 0.25) is 0 Å². The Morgan fingerprint density at radius 1 is 0.260 bits per heavy atom. The second kappa shape index (κ2) is 12.9. The average molecular weight is 638 g/mol. The van der Waals surface area contributed by atoms with E-state index in [9.17, 15) is 0 Å². The number of rotatable bonds is 7. The van der Waals surface area contributed by atoms with Gasteiger partial charge in [-0.25, -0.2) is 0 Å². The molecule has 8 aromatic rings. The lowest BCUT2D eigenvalue weighted by Crippen LogP contribution is -2.10. The number of fused-ring (bicyclic) bond motifs is 3. The average Bonchev–Trinajstić information content (AvgIpc) is 3.58. The Bertz CT molecular complexity index is 2330. The van der Waals surface area contributed by atoms with Gasteiger partial charge in [0.25, 0.3) is 0 Å². The van der Waals surface area contributed by atoms with E-state index in [-0.39, 0.29) is 0 Å². The first-order valence-electron chi connectivity index (χ1n) is 17.3. The van der Waals surface area contributed by atoms with E-state index in [0.717, 1.165) is 23.5 Å². The number of hydrogen-bond donors (Lipinski definition) is 0. The molecule has 0 amide bonds. The highest BCUT2D eigenvalue weighted by atomic mass is 15.1. The van der Waals surface area contributed by atoms with Crippen molar-refractivity contribution in [3.8, 4) is 55.6 Å². The van der Waals surface area contributed by atoms with Gasteiger partial charge < -0.3 is 4.90 Å². The van der Waals surface area contributed by atoms with Gasteiger partial charge in [0.05, 0.1) is 0 Å². The summed E-state index contributed by atoms with van der Waals surface area (Å²) >= 11 is 0. The fourth-order valence-electron chi connectivity index (χ4n) is 7.32. The molecule has 1 aliphatic rings. The highest BCUT2D eigenvalue weighted by Crippen LogP contribution is 2.43. The SMILES string of the molecule is c1ccc(-c2ccc(N(c3ccc(-c4ccccc4)cc3)c3cc(-c4ccccc4)cc(-c4ccc5c(c4)-c4ccccc4C5)c3)cc2)cc1. The van der Waals surface area contributed by atoms with Crippen LogP contribution in [-0.4, -0.2) is 0 Å². The highest BCUT2D eigenvalue weighted by molar-refractivity contribution is 5.88. The third kappa shape index (κ3) is 5.70. The van der Waals surface area contributed by atoms with Gasteiger partial charge in [0, 0.05) is 17.1 Å². The Kier molecular flexibility index (Phi) is 7.64. The summed E-state index contributed by atoms with van der Waals surface area (Å²) in [6, 6.07) is 72.7. The van der Waals surface area contributed by atoms with Crippen LogP contribution in [0.15, 0.2) is 200 Å². The van der Waals surface area contributed by atoms with Crippen LogP contribution in [0.4, 0.5) is 17.1 Å². The summed E-state index contributed by atoms with van der Waals surface area (Å²) in [7, 11) is 0. The molecule has 236 valence electrons. The zero-order chi connectivity index (χ0) is 33.3. The quantitative estimate of drug-likeness (QED) is 0.168. The molecule has 0 unspecified atom stereocenters. The monoisotopic (exact) mass is 637 g/mol. The van der Waals surface area contributed by atoms with E-state index in [1.54, 1.807) is 0 Å². The van der Waals surface area contributed by atoms with E-state index in [2.05, 4.69) is 205 Å². The molecule has 0 saturated heterocycles. The Hall–Kier alpha value is -6.44. The summed E-state index contributed by atoms with van der Waals surface area (Å²) in [5.41, 5.74) is 18.4. The Balaban J connectivity index is 1.21. The maximum Gasteiger partial charge on any atom is 0.0473 e. The van der Waals surface area contributed by atoms with Gasteiger partial charge in [-0.1, -0.05) is 152 Å². The van der Waals surface area contributed by atoms with E-state index < -0.39 is 0 Å². The molecule has 0 heterocycles. The van der Waals surface area contributed by atoms with Gasteiger partial charge in [-0.3, -0.25) is 0 Å². The van der Waals surface area contributed by atoms with Crippen molar-refractivity contribution in [1.29, 1.82) is 0 Å². The van der Waals surface area contributed by atoms with Gasteiger partial charge in [-0.15, -0.1) is 0 Å². The molecule has 1 nitrogen and oxygen atoms in total. The topological polar surface area (TPSA) is 3.24 Å². The first-order chi connectivity index (χ1) is 24.8. The molecule has 9 rings (SSSR count). The highest BCUT2D eigenvalue weighted by Gasteiger charge is 2.20. The van der Waals surface area contributed by atoms with Crippen molar-refractivity contribution in [1.82, 2.24) is 0 Å². The minimum Gasteiger partial charge on any atom is -0.310 e. The molecule has 0 N–H and O–H groups in total. The van der Waals surface area contributed by atoms with Gasteiger partial charge >= 0.3 is 0 Å². The molecule has 0 fully saturated rings. The predicted molar refractivity (Wildman–Crippen MR) is 211 cm³/mol. The second-order valence-electron chi connectivity index (χ2n) is 13.0. The predicted octanol–water partition coefficient (Wildman–Crippen LogP) is 13.4. The molecule has 0 bridgehead atoms. The van der Waals surface area contributed by atoms with Gasteiger partial charge in [-0.2, -0.15) is 0 Å². The Morgan fingerprint density at radius 2 is 0.680 bits per heavy atom. The van der Waals surface area contributed by atoms with E-state index in [0.29, 0.717) is 0 Å². The lowest BCUT2D eigenvalue weighted by atomic mass is 9.94. The summed E-state index contributed by atoms with van der Waals surface area (Å²) in [4.78, 5) is 2.39. The van der Waals surface area contributed by atoms with E-state index >= 15 is 0 Å². The summed E-state index contributed by atoms with van der Waals surface area (Å²) in [5.74, 6) is 0. The van der Waals surface area contributed by atoms with Crippen LogP contribution < -0.4 is 4.90 Å². The number of hydrogen-bond acceptors (Lipinski definition) is 1. The third-order valence-corrected chi connectivity index (χ3v) is 9.88. The van der Waals surface area contributed by atoms with Crippen molar-refractivity contribution in [2.24, 2.45) is 0 Å². The molecule has 0 aromatic heterocycles. The van der Waals surface area contributed by atoms with Crippen LogP contribution in [0.25, 0.3) is 55.6 Å². The smallest absolute Gasteiger partial charge is 0.0473 e. The van der Waals surface area contributed by atoms with Crippen LogP contribution >= 0.6 is 0 Å². The standard InChI is InChI=1S/C49H35N/c1-4-12-35(13-5-1)38-22-26-45(27-23-38)50(46-28-24-39(25-29-46)36-14-6-2-7-15-36)47-32-43(37-16-8-3-9-17-37)31-44(33-47)40-20-21-42-30-41-18-10-11-19-48(41)49(42)34-40/h1-29,31-34H,30H2. The van der Waals surface area contributed by atoms with Crippen LogP contribution in [0.3, 0.4) is 0 Å². The van der Waals surface area contributed by atoms with Crippen molar-refractivity contribution in [2.75, 3.05) is 4.90 Å². The first-order valence-corrected chi connectivity index (χ1v) is 17.3. The van der Waals surface area contributed by atoms with Crippen LogP contribution in [0, 0.1) is 0 Å². The fourth-order valence-corrected chi connectivity index (χ4v) is 7.32. The molecule has 0 radical (unpaired) electrons. The molecule has 1 aliphatic carbocycles. The molecule has 0 saturated carbocycles. The maximum absolute atomic E-state index is 2.39. The second-order valence-corrected chi connectivity index (χ2v) is 13.0. The normalized spacial score (nSPS) is 11.5. The minimum absolute atomic E-state index is 0.993. The Labute approximate surface area is 294 Å². The summed E-state index contributed by atoms with van der Waals surface area (Å²) in [6.07, 6.45) is 0.993. The zero-order valence-corrected chi connectivity index (χ0v) is 27.7. The molecular weight excluding hydrogens is 603 g/mol. The summed E-state index contributed by atoms with van der Waals surface area (Å²) < 4.78 is 0.